The second-order valence-corrected chi connectivity index (χ2v) is 18.9. The Kier molecular flexibility index (Phi) is 23.4. The van der Waals surface area contributed by atoms with Crippen molar-refractivity contribution in [2.45, 2.75) is 112 Å². The third-order valence-electron chi connectivity index (χ3n) is 12.7. The van der Waals surface area contributed by atoms with Gasteiger partial charge >= 0.3 is 57.4 Å². The number of aliphatic hydroxyl groups excluding tert-OH is 2. The third kappa shape index (κ3) is 17.3. The van der Waals surface area contributed by atoms with Gasteiger partial charge in [-0.2, -0.15) is 11.8 Å². The van der Waals surface area contributed by atoms with Gasteiger partial charge in [0.2, 0.25) is 23.6 Å². The number of ketones is 2. The van der Waals surface area contributed by atoms with E-state index >= 15 is 0 Å². The fraction of sp³-hybridized carbons (Fsp3) is 0.542. The number of hydrogen-bond acceptors (Lipinski definition) is 15. The fourth-order valence-electron chi connectivity index (χ4n) is 8.90. The van der Waals surface area contributed by atoms with Crippen LogP contribution in [0.25, 0.3) is 0 Å². The Balaban J connectivity index is 0.00000913. The number of unbranched alkanes of at least 4 members (excludes halogenated alkanes) is 1. The second kappa shape index (κ2) is 28.8. The average Bonchev–Trinajstić information content (AvgIpc) is 4.02. The zero-order valence-corrected chi connectivity index (χ0v) is 43.2. The molecule has 0 bridgehead atoms. The summed E-state index contributed by atoms with van der Waals surface area (Å²) >= 11 is 1.80. The van der Waals surface area contributed by atoms with Crippen LogP contribution in [0.2, 0.25) is 0 Å². The molecule has 2 aromatic carbocycles. The summed E-state index contributed by atoms with van der Waals surface area (Å²) < 4.78 is 12.2. The molecule has 3 aliphatic heterocycles. The smallest absolute Gasteiger partial charge is 0.550 e. The molecule has 1 saturated carbocycles. The number of aliphatic hydroxyl groups is 2. The zero-order valence-electron chi connectivity index (χ0n) is 39.2. The molecule has 10 atom stereocenters. The number of amides is 6. The SMILES string of the molecule is O=C([O-])C[C@@H]1CCC(=O)[C@H]1C/C=C\CCO[C@@H]1O[C@H](CNC(=O)CNC(=O)CNC(=O)CNC(=O)CCCC[C@@H]2SC[C@@H]3NC(=O)N[C@@H]32)[C@H](O)[C@H](O)[C@H]1NCc1ccc(C(=O)c2ccccc2)cc1.[K+]. The van der Waals surface area contributed by atoms with Gasteiger partial charge in [0.05, 0.1) is 44.4 Å². The van der Waals surface area contributed by atoms with Crippen molar-refractivity contribution in [2.24, 2.45) is 11.8 Å². The molecule has 0 unspecified atom stereocenters. The number of allylic oxidation sites excluding steroid dienone is 1. The largest absolute Gasteiger partial charge is 1.00 e. The Labute approximate surface area is 453 Å². The molecular formula is C48H62KN7O13S. The van der Waals surface area contributed by atoms with Crippen LogP contribution in [-0.2, 0) is 44.8 Å². The third-order valence-corrected chi connectivity index (χ3v) is 14.2. The number of nitrogens with one attached hydrogen (secondary N) is 7. The molecule has 374 valence electrons. The van der Waals surface area contributed by atoms with E-state index in [9.17, 15) is 53.7 Å². The number of urea groups is 1. The molecule has 22 heteroatoms. The maximum absolute atomic E-state index is 12.9. The predicted molar refractivity (Wildman–Crippen MR) is 249 cm³/mol. The number of rotatable bonds is 26. The molecule has 0 aromatic heterocycles. The predicted octanol–water partition coefficient (Wildman–Crippen LogP) is -3.89. The number of fused-ring (bicyclic) bond motifs is 1. The van der Waals surface area contributed by atoms with E-state index in [-0.39, 0.29) is 137 Å². The summed E-state index contributed by atoms with van der Waals surface area (Å²) in [6.07, 6.45) is 2.33. The summed E-state index contributed by atoms with van der Waals surface area (Å²) in [6, 6.07) is 14.9. The summed E-state index contributed by atoms with van der Waals surface area (Å²) in [5, 5.41) is 52.8. The minimum atomic E-state index is -1.49. The van der Waals surface area contributed by atoms with Gasteiger partial charge in [0.15, 0.2) is 12.1 Å². The number of ether oxygens (including phenoxy) is 2. The molecular weight excluding hydrogens is 954 g/mol. The molecule has 20 nitrogen and oxygen atoms in total. The Morgan fingerprint density at radius 3 is 2.20 bits per heavy atom. The summed E-state index contributed by atoms with van der Waals surface area (Å²) in [6.45, 7) is -1.25. The fourth-order valence-corrected chi connectivity index (χ4v) is 10.4. The number of aliphatic carboxylic acids is 1. The van der Waals surface area contributed by atoms with E-state index in [2.05, 4.69) is 37.2 Å². The van der Waals surface area contributed by atoms with E-state index in [1.54, 1.807) is 72.4 Å². The van der Waals surface area contributed by atoms with E-state index in [0.717, 1.165) is 24.2 Å². The van der Waals surface area contributed by atoms with Gasteiger partial charge in [-0.3, -0.25) is 28.8 Å². The van der Waals surface area contributed by atoms with Crippen molar-refractivity contribution in [1.29, 1.82) is 0 Å². The quantitative estimate of drug-likeness (QED) is 0.0143. The van der Waals surface area contributed by atoms with Crippen LogP contribution in [0.15, 0.2) is 66.7 Å². The number of Topliss-reactive ketones (excluding diaryl/α,β-unsaturated/α-hetero) is 1. The van der Waals surface area contributed by atoms with Gasteiger partial charge in [0.25, 0.3) is 0 Å². The van der Waals surface area contributed by atoms with Crippen molar-refractivity contribution in [3.8, 4) is 0 Å². The van der Waals surface area contributed by atoms with Crippen LogP contribution in [-0.4, -0.2) is 144 Å². The topological polar surface area (TPSA) is 303 Å². The summed E-state index contributed by atoms with van der Waals surface area (Å²) in [4.78, 5) is 97.7. The normalized spacial score (nSPS) is 25.8. The van der Waals surface area contributed by atoms with Crippen molar-refractivity contribution >= 4 is 59.0 Å². The first-order valence-corrected chi connectivity index (χ1v) is 24.5. The molecule has 6 amide bonds. The first kappa shape index (κ1) is 56.8. The van der Waals surface area contributed by atoms with E-state index in [1.165, 1.54) is 0 Å². The molecule has 1 aliphatic carbocycles. The van der Waals surface area contributed by atoms with Gasteiger partial charge in [0.1, 0.15) is 24.1 Å². The molecule has 3 heterocycles. The van der Waals surface area contributed by atoms with E-state index in [4.69, 9.17) is 9.47 Å². The van der Waals surface area contributed by atoms with Crippen LogP contribution in [0, 0.1) is 11.8 Å². The number of hydrogen-bond donors (Lipinski definition) is 9. The van der Waals surface area contributed by atoms with Gasteiger partial charge < -0.3 is 66.8 Å². The van der Waals surface area contributed by atoms with Crippen molar-refractivity contribution in [1.82, 2.24) is 37.2 Å². The second-order valence-electron chi connectivity index (χ2n) is 17.6. The molecule has 9 N–H and O–H groups in total. The van der Waals surface area contributed by atoms with Crippen LogP contribution in [0.3, 0.4) is 0 Å². The number of carboxylic acid groups (broad SMARTS) is 1. The molecule has 2 aromatic rings. The van der Waals surface area contributed by atoms with Crippen LogP contribution in [0.1, 0.15) is 79.3 Å². The molecule has 4 fully saturated rings. The van der Waals surface area contributed by atoms with Gasteiger partial charge in [-0.15, -0.1) is 0 Å². The standard InChI is InChI=1S/C48H63N7O13S.K/c56-34-19-18-31(21-41(61)62)32(34)11-5-2-8-20-67-47-43(53-22-28-14-16-30(17-15-28)44(63)29-9-3-1-4-10-29)46(65)45(64)35(68-47)23-49-38(58)25-51-40(60)26-52-39(59)24-50-37(57)13-7-6-12-36-42-33(27-69-36)54-48(66)55-42;/h1-5,9-10,14-17,31-33,35-36,42-43,45-47,53,64-65H,6-8,11-13,18-27H2,(H,49,58)(H,50,57)(H,51,60)(H,52,59)(H,61,62)(H2,54,55,66);/q;+1/p-1/b5-2-;/t31-,32-,33-,35+,36-,42-,43+,45-,46+,47+;/m0./s1. The van der Waals surface area contributed by atoms with Gasteiger partial charge in [-0.1, -0.05) is 73.2 Å². The van der Waals surface area contributed by atoms with Crippen LogP contribution >= 0.6 is 11.8 Å². The number of carbonyl (C=O) groups excluding carboxylic acids is 8. The van der Waals surface area contributed by atoms with E-state index < -0.39 is 73.3 Å². The first-order valence-electron chi connectivity index (χ1n) is 23.4. The summed E-state index contributed by atoms with van der Waals surface area (Å²) in [7, 11) is 0. The Morgan fingerprint density at radius 1 is 0.829 bits per heavy atom. The van der Waals surface area contributed by atoms with Gasteiger partial charge in [-0.05, 0) is 50.0 Å². The minimum absolute atomic E-state index is 0. The van der Waals surface area contributed by atoms with Gasteiger partial charge in [0, 0.05) is 59.9 Å². The molecule has 70 heavy (non-hydrogen) atoms. The monoisotopic (exact) mass is 1020 g/mol. The van der Waals surface area contributed by atoms with Crippen LogP contribution < -0.4 is 93.7 Å². The first-order chi connectivity index (χ1) is 33.2. The van der Waals surface area contributed by atoms with Crippen molar-refractivity contribution in [3.63, 3.8) is 0 Å². The molecule has 3 saturated heterocycles. The average molecular weight is 1020 g/mol. The van der Waals surface area contributed by atoms with E-state index in [0.29, 0.717) is 43.2 Å². The zero-order chi connectivity index (χ0) is 49.3. The van der Waals surface area contributed by atoms with Crippen LogP contribution in [0.4, 0.5) is 4.79 Å². The minimum Gasteiger partial charge on any atom is -0.550 e. The maximum atomic E-state index is 12.9. The Bertz CT molecular complexity index is 2160. The number of benzene rings is 2. The maximum Gasteiger partial charge on any atom is 1.00 e. The van der Waals surface area contributed by atoms with Gasteiger partial charge in [-0.25, -0.2) is 4.79 Å². The number of carbonyl (C=O) groups is 8. The molecule has 4 aliphatic rings. The van der Waals surface area contributed by atoms with Crippen LogP contribution in [0.5, 0.6) is 0 Å². The Morgan fingerprint density at radius 2 is 1.50 bits per heavy atom. The van der Waals surface area contributed by atoms with E-state index in [1.807, 2.05) is 6.07 Å². The summed E-state index contributed by atoms with van der Waals surface area (Å²) in [5.41, 5.74) is 1.81. The number of carboxylic acids is 1. The summed E-state index contributed by atoms with van der Waals surface area (Å²) in [5.74, 6) is -3.33. The molecule has 0 radical (unpaired) electrons. The number of thioether (sulfide) groups is 1. The Hall–Kier alpha value is -4.07. The van der Waals surface area contributed by atoms with Crippen molar-refractivity contribution in [2.75, 3.05) is 38.5 Å². The molecule has 6 rings (SSSR count). The van der Waals surface area contributed by atoms with Crippen molar-refractivity contribution in [3.05, 3.63) is 83.4 Å². The van der Waals surface area contributed by atoms with Crippen molar-refractivity contribution < 1.29 is 115 Å². The molecule has 0 spiro atoms.